The molecular weight excluding hydrogens is 358 g/mol. The quantitative estimate of drug-likeness (QED) is 0.655. The highest BCUT2D eigenvalue weighted by molar-refractivity contribution is 9.10. The van der Waals surface area contributed by atoms with Gasteiger partial charge in [-0.3, -0.25) is 4.79 Å². The molecule has 0 bridgehead atoms. The molecule has 5 heteroatoms. The van der Waals surface area contributed by atoms with Crippen molar-refractivity contribution >= 4 is 21.9 Å². The lowest BCUT2D eigenvalue weighted by molar-refractivity contribution is -0.137. The fourth-order valence-electron chi connectivity index (χ4n) is 2.43. The van der Waals surface area contributed by atoms with E-state index < -0.39 is 5.97 Å². The zero-order valence-corrected chi connectivity index (χ0v) is 14.3. The van der Waals surface area contributed by atoms with Gasteiger partial charge in [0.2, 0.25) is 0 Å². The number of phenols is 1. The number of nitrogens with one attached hydrogen (secondary N) is 1. The van der Waals surface area contributed by atoms with Crippen LogP contribution in [0.15, 0.2) is 53.0 Å². The number of aliphatic carboxylic acids is 1. The fraction of sp³-hybridized carbons (Fsp3) is 0.278. The lowest BCUT2D eigenvalue weighted by Crippen LogP contribution is -2.31. The third-order valence-electron chi connectivity index (χ3n) is 3.67. The minimum Gasteiger partial charge on any atom is -0.507 e. The predicted molar refractivity (Wildman–Crippen MR) is 93.5 cm³/mol. The van der Waals surface area contributed by atoms with E-state index in [2.05, 4.69) is 21.2 Å². The van der Waals surface area contributed by atoms with Gasteiger partial charge in [0.15, 0.2) is 0 Å². The van der Waals surface area contributed by atoms with Gasteiger partial charge in [-0.25, -0.2) is 0 Å². The molecule has 0 saturated carbocycles. The van der Waals surface area contributed by atoms with Crippen molar-refractivity contribution in [3.05, 3.63) is 64.1 Å². The van der Waals surface area contributed by atoms with Crippen LogP contribution in [0.1, 0.15) is 24.0 Å². The van der Waals surface area contributed by atoms with Crippen molar-refractivity contribution in [2.24, 2.45) is 0 Å². The molecule has 0 fully saturated rings. The average Bonchev–Trinajstić information content (AvgIpc) is 2.54. The summed E-state index contributed by atoms with van der Waals surface area (Å²) in [5.74, 6) is -0.585. The van der Waals surface area contributed by atoms with Gasteiger partial charge in [-0.2, -0.15) is 0 Å². The Kier molecular flexibility index (Phi) is 6.62. The van der Waals surface area contributed by atoms with Crippen LogP contribution in [0.5, 0.6) is 5.75 Å². The number of carboxylic acid groups (broad SMARTS) is 1. The molecule has 0 spiro atoms. The molecule has 1 unspecified atom stereocenters. The number of carboxylic acids is 1. The zero-order chi connectivity index (χ0) is 16.7. The summed E-state index contributed by atoms with van der Waals surface area (Å²) < 4.78 is 0.671. The number of hydrogen-bond acceptors (Lipinski definition) is 3. The topological polar surface area (TPSA) is 69.6 Å². The van der Waals surface area contributed by atoms with Gasteiger partial charge in [-0.1, -0.05) is 42.5 Å². The van der Waals surface area contributed by atoms with Crippen molar-refractivity contribution in [3.63, 3.8) is 0 Å². The number of halogens is 1. The largest absolute Gasteiger partial charge is 0.507 e. The molecule has 2 aromatic carbocycles. The highest BCUT2D eigenvalue weighted by Gasteiger charge is 2.13. The minimum atomic E-state index is -0.789. The molecule has 1 atom stereocenters. The monoisotopic (exact) mass is 377 g/mol. The SMILES string of the molecule is O=C(O)CCC(Cc1ccccc1)NCc1cccc(O)c1Br. The van der Waals surface area contributed by atoms with Crippen LogP contribution in [0.25, 0.3) is 0 Å². The van der Waals surface area contributed by atoms with E-state index in [0.717, 1.165) is 12.0 Å². The Balaban J connectivity index is 2.01. The maximum atomic E-state index is 10.9. The molecule has 0 heterocycles. The Morgan fingerprint density at radius 3 is 2.57 bits per heavy atom. The first-order chi connectivity index (χ1) is 11.1. The second-order valence-electron chi connectivity index (χ2n) is 5.45. The number of aromatic hydroxyl groups is 1. The number of carbonyl (C=O) groups is 1. The molecule has 0 aliphatic carbocycles. The lowest BCUT2D eigenvalue weighted by atomic mass is 10.0. The molecule has 122 valence electrons. The maximum Gasteiger partial charge on any atom is 0.303 e. The van der Waals surface area contributed by atoms with E-state index in [1.165, 1.54) is 5.56 Å². The standard InChI is InChI=1S/C18H20BrNO3/c19-18-14(7-4-8-16(18)21)12-20-15(9-10-17(22)23)11-13-5-2-1-3-6-13/h1-8,15,20-21H,9-12H2,(H,22,23). The lowest BCUT2D eigenvalue weighted by Gasteiger charge is -2.19. The van der Waals surface area contributed by atoms with Gasteiger partial charge in [0.05, 0.1) is 4.47 Å². The highest BCUT2D eigenvalue weighted by atomic mass is 79.9. The van der Waals surface area contributed by atoms with Crippen LogP contribution in [0.2, 0.25) is 0 Å². The van der Waals surface area contributed by atoms with Crippen molar-refractivity contribution < 1.29 is 15.0 Å². The molecule has 2 aromatic rings. The van der Waals surface area contributed by atoms with Crippen molar-refractivity contribution in [2.75, 3.05) is 0 Å². The number of rotatable bonds is 8. The highest BCUT2D eigenvalue weighted by Crippen LogP contribution is 2.27. The average molecular weight is 378 g/mol. The molecule has 0 radical (unpaired) electrons. The van der Waals surface area contributed by atoms with Crippen LogP contribution < -0.4 is 5.32 Å². The molecule has 0 aromatic heterocycles. The summed E-state index contributed by atoms with van der Waals surface area (Å²) >= 11 is 3.38. The third kappa shape index (κ3) is 5.69. The van der Waals surface area contributed by atoms with Gasteiger partial charge in [0.1, 0.15) is 5.75 Å². The first kappa shape index (κ1) is 17.5. The normalized spacial score (nSPS) is 12.0. The molecular formula is C18H20BrNO3. The van der Waals surface area contributed by atoms with E-state index >= 15 is 0 Å². The first-order valence-electron chi connectivity index (χ1n) is 7.51. The summed E-state index contributed by atoms with van der Waals surface area (Å²) in [4.78, 5) is 10.9. The second kappa shape index (κ2) is 8.70. The third-order valence-corrected chi connectivity index (χ3v) is 4.59. The predicted octanol–water partition coefficient (Wildman–Crippen LogP) is 3.72. The second-order valence-corrected chi connectivity index (χ2v) is 6.24. The molecule has 0 amide bonds. The van der Waals surface area contributed by atoms with Crippen LogP contribution in [-0.2, 0) is 17.8 Å². The summed E-state index contributed by atoms with van der Waals surface area (Å²) in [5, 5.41) is 22.1. The smallest absolute Gasteiger partial charge is 0.303 e. The Bertz CT molecular complexity index is 646. The molecule has 2 rings (SSSR count). The van der Waals surface area contributed by atoms with Gasteiger partial charge in [-0.15, -0.1) is 0 Å². The molecule has 0 aliphatic rings. The molecule has 3 N–H and O–H groups in total. The summed E-state index contributed by atoms with van der Waals surface area (Å²) in [6.45, 7) is 0.562. The summed E-state index contributed by atoms with van der Waals surface area (Å²) in [7, 11) is 0. The van der Waals surface area contributed by atoms with Crippen molar-refractivity contribution in [2.45, 2.75) is 31.8 Å². The van der Waals surface area contributed by atoms with Crippen LogP contribution in [0, 0.1) is 0 Å². The Morgan fingerprint density at radius 1 is 1.13 bits per heavy atom. The van der Waals surface area contributed by atoms with Crippen LogP contribution in [0.3, 0.4) is 0 Å². The van der Waals surface area contributed by atoms with Gasteiger partial charge < -0.3 is 15.5 Å². The van der Waals surface area contributed by atoms with Gasteiger partial charge in [0, 0.05) is 19.0 Å². The number of benzene rings is 2. The van der Waals surface area contributed by atoms with Crippen molar-refractivity contribution in [1.82, 2.24) is 5.32 Å². The Morgan fingerprint density at radius 2 is 1.87 bits per heavy atom. The van der Waals surface area contributed by atoms with E-state index in [1.807, 2.05) is 36.4 Å². The fourth-order valence-corrected chi connectivity index (χ4v) is 2.83. The number of hydrogen-bond donors (Lipinski definition) is 3. The molecule has 4 nitrogen and oxygen atoms in total. The Labute approximate surface area is 144 Å². The van der Waals surface area contributed by atoms with Crippen molar-refractivity contribution in [1.29, 1.82) is 0 Å². The van der Waals surface area contributed by atoms with Gasteiger partial charge >= 0.3 is 5.97 Å². The molecule has 23 heavy (non-hydrogen) atoms. The van der Waals surface area contributed by atoms with Crippen LogP contribution in [0.4, 0.5) is 0 Å². The first-order valence-corrected chi connectivity index (χ1v) is 8.31. The van der Waals surface area contributed by atoms with Crippen molar-refractivity contribution in [3.8, 4) is 5.75 Å². The minimum absolute atomic E-state index is 0.0581. The van der Waals surface area contributed by atoms with E-state index in [4.69, 9.17) is 5.11 Å². The number of phenolic OH excluding ortho intramolecular Hbond substituents is 1. The van der Waals surface area contributed by atoms with Gasteiger partial charge in [0.25, 0.3) is 0 Å². The maximum absolute atomic E-state index is 10.9. The van der Waals surface area contributed by atoms with E-state index in [9.17, 15) is 9.90 Å². The Hall–Kier alpha value is -1.85. The van der Waals surface area contributed by atoms with Crippen LogP contribution >= 0.6 is 15.9 Å². The molecule has 0 aliphatic heterocycles. The zero-order valence-electron chi connectivity index (χ0n) is 12.7. The van der Waals surface area contributed by atoms with E-state index in [1.54, 1.807) is 12.1 Å². The molecule has 0 saturated heterocycles. The van der Waals surface area contributed by atoms with E-state index in [-0.39, 0.29) is 18.2 Å². The summed E-state index contributed by atoms with van der Waals surface area (Å²) in [6, 6.07) is 15.4. The summed E-state index contributed by atoms with van der Waals surface area (Å²) in [6.07, 6.45) is 1.46. The van der Waals surface area contributed by atoms with E-state index in [0.29, 0.717) is 17.4 Å². The van der Waals surface area contributed by atoms with Crippen LogP contribution in [-0.4, -0.2) is 22.2 Å². The summed E-state index contributed by atoms with van der Waals surface area (Å²) in [5.41, 5.74) is 2.11. The van der Waals surface area contributed by atoms with Gasteiger partial charge in [-0.05, 0) is 46.0 Å².